The Kier molecular flexibility index (Phi) is 12.9. The van der Waals surface area contributed by atoms with Crippen LogP contribution in [0.4, 0.5) is 0 Å². The summed E-state index contributed by atoms with van der Waals surface area (Å²) in [6.07, 6.45) is 11.6. The zero-order chi connectivity index (χ0) is 12.1. The van der Waals surface area contributed by atoms with Crippen molar-refractivity contribution < 1.29 is 4.74 Å². The third-order valence-electron chi connectivity index (χ3n) is 2.93. The minimum Gasteiger partial charge on any atom is -0.381 e. The van der Waals surface area contributed by atoms with E-state index >= 15 is 0 Å². The SMILES string of the molecule is CCCCOCCCC.NC1CCCCC1. The van der Waals surface area contributed by atoms with Crippen molar-refractivity contribution in [2.24, 2.45) is 5.73 Å². The Morgan fingerprint density at radius 3 is 1.75 bits per heavy atom. The number of ether oxygens (including phenoxy) is 1. The Morgan fingerprint density at radius 1 is 0.938 bits per heavy atom. The number of nitrogens with two attached hydrogens (primary N) is 1. The third-order valence-corrected chi connectivity index (χ3v) is 2.93. The van der Waals surface area contributed by atoms with Crippen LogP contribution in [0.1, 0.15) is 71.6 Å². The summed E-state index contributed by atoms with van der Waals surface area (Å²) in [5.74, 6) is 0. The first-order valence-electron chi connectivity index (χ1n) is 7.14. The lowest BCUT2D eigenvalue weighted by molar-refractivity contribution is 0.128. The zero-order valence-electron chi connectivity index (χ0n) is 11.3. The van der Waals surface area contributed by atoms with E-state index in [4.69, 9.17) is 10.5 Å². The van der Waals surface area contributed by atoms with Crippen LogP contribution in [0.2, 0.25) is 0 Å². The van der Waals surface area contributed by atoms with E-state index in [9.17, 15) is 0 Å². The maximum absolute atomic E-state index is 5.63. The molecule has 0 aromatic rings. The molecule has 0 atom stereocenters. The molecule has 0 amide bonds. The highest BCUT2D eigenvalue weighted by atomic mass is 16.5. The van der Waals surface area contributed by atoms with Gasteiger partial charge in [-0.15, -0.1) is 0 Å². The number of hydrogen-bond acceptors (Lipinski definition) is 2. The van der Waals surface area contributed by atoms with E-state index in [0.717, 1.165) is 13.2 Å². The third kappa shape index (κ3) is 12.0. The molecule has 98 valence electrons. The van der Waals surface area contributed by atoms with Gasteiger partial charge < -0.3 is 10.5 Å². The van der Waals surface area contributed by atoms with Crippen LogP contribution in [-0.2, 0) is 4.74 Å². The lowest BCUT2D eigenvalue weighted by atomic mass is 9.97. The summed E-state index contributed by atoms with van der Waals surface area (Å²) in [5.41, 5.74) is 5.63. The number of hydrogen-bond donors (Lipinski definition) is 1. The lowest BCUT2D eigenvalue weighted by Crippen LogP contribution is -2.22. The molecule has 0 aromatic heterocycles. The average molecular weight is 229 g/mol. The molecule has 2 nitrogen and oxygen atoms in total. The van der Waals surface area contributed by atoms with Gasteiger partial charge in [-0.1, -0.05) is 46.0 Å². The molecule has 0 heterocycles. The maximum atomic E-state index is 5.63. The van der Waals surface area contributed by atoms with Crippen LogP contribution in [-0.4, -0.2) is 19.3 Å². The Balaban J connectivity index is 0.000000288. The molecule has 0 bridgehead atoms. The summed E-state index contributed by atoms with van der Waals surface area (Å²) in [6.45, 7) is 6.28. The van der Waals surface area contributed by atoms with Crippen LogP contribution < -0.4 is 5.73 Å². The summed E-state index contributed by atoms with van der Waals surface area (Å²) >= 11 is 0. The monoisotopic (exact) mass is 229 g/mol. The van der Waals surface area contributed by atoms with E-state index in [1.54, 1.807) is 0 Å². The fourth-order valence-electron chi connectivity index (χ4n) is 1.73. The van der Waals surface area contributed by atoms with Gasteiger partial charge in [0, 0.05) is 19.3 Å². The molecule has 16 heavy (non-hydrogen) atoms. The van der Waals surface area contributed by atoms with Gasteiger partial charge in [0.05, 0.1) is 0 Å². The molecule has 0 aromatic carbocycles. The predicted octanol–water partition coefficient (Wildman–Crippen LogP) is 3.88. The fraction of sp³-hybridized carbons (Fsp3) is 1.00. The molecule has 0 aliphatic heterocycles. The van der Waals surface area contributed by atoms with Crippen molar-refractivity contribution in [2.75, 3.05) is 13.2 Å². The van der Waals surface area contributed by atoms with Crippen molar-refractivity contribution in [3.63, 3.8) is 0 Å². The Morgan fingerprint density at radius 2 is 1.44 bits per heavy atom. The molecule has 1 fully saturated rings. The normalized spacial score (nSPS) is 16.7. The second kappa shape index (κ2) is 13.0. The van der Waals surface area contributed by atoms with Crippen LogP contribution in [0.25, 0.3) is 0 Å². The molecule has 1 rings (SSSR count). The summed E-state index contributed by atoms with van der Waals surface area (Å²) < 4.78 is 5.31. The maximum Gasteiger partial charge on any atom is 0.0465 e. The Bertz CT molecular complexity index is 116. The minimum atomic E-state index is 0.536. The molecule has 0 spiro atoms. The van der Waals surface area contributed by atoms with Crippen LogP contribution in [0, 0.1) is 0 Å². The lowest BCUT2D eigenvalue weighted by Gasteiger charge is -2.15. The van der Waals surface area contributed by atoms with Gasteiger partial charge in [-0.3, -0.25) is 0 Å². The Hall–Kier alpha value is -0.0800. The largest absolute Gasteiger partial charge is 0.381 e. The molecule has 0 unspecified atom stereocenters. The first-order valence-corrected chi connectivity index (χ1v) is 7.14. The van der Waals surface area contributed by atoms with Crippen LogP contribution >= 0.6 is 0 Å². The molecular formula is C14H31NO. The van der Waals surface area contributed by atoms with E-state index in [1.165, 1.54) is 57.8 Å². The molecule has 0 saturated heterocycles. The van der Waals surface area contributed by atoms with Crippen LogP contribution in [0.5, 0.6) is 0 Å². The highest BCUT2D eigenvalue weighted by Gasteiger charge is 2.06. The van der Waals surface area contributed by atoms with E-state index in [-0.39, 0.29) is 0 Å². The molecule has 2 N–H and O–H groups in total. The van der Waals surface area contributed by atoms with Gasteiger partial charge in [-0.25, -0.2) is 0 Å². The van der Waals surface area contributed by atoms with Crippen LogP contribution in [0.3, 0.4) is 0 Å². The fourth-order valence-corrected chi connectivity index (χ4v) is 1.73. The van der Waals surface area contributed by atoms with Gasteiger partial charge in [-0.05, 0) is 25.7 Å². The number of unbranched alkanes of at least 4 members (excludes halogenated alkanes) is 2. The smallest absolute Gasteiger partial charge is 0.0465 e. The summed E-state index contributed by atoms with van der Waals surface area (Å²) in [4.78, 5) is 0. The first kappa shape index (κ1) is 15.9. The average Bonchev–Trinajstić information content (AvgIpc) is 2.31. The van der Waals surface area contributed by atoms with E-state index < -0.39 is 0 Å². The molecular weight excluding hydrogens is 198 g/mol. The summed E-state index contributed by atoms with van der Waals surface area (Å²) in [6, 6.07) is 0.536. The quantitative estimate of drug-likeness (QED) is 0.701. The molecule has 1 saturated carbocycles. The van der Waals surface area contributed by atoms with Crippen molar-refractivity contribution in [1.82, 2.24) is 0 Å². The molecule has 1 aliphatic rings. The minimum absolute atomic E-state index is 0.536. The van der Waals surface area contributed by atoms with Crippen molar-refractivity contribution in [3.8, 4) is 0 Å². The van der Waals surface area contributed by atoms with Gasteiger partial charge in [0.25, 0.3) is 0 Å². The highest BCUT2D eigenvalue weighted by Crippen LogP contribution is 2.14. The van der Waals surface area contributed by atoms with Gasteiger partial charge in [-0.2, -0.15) is 0 Å². The van der Waals surface area contributed by atoms with Gasteiger partial charge in [0.2, 0.25) is 0 Å². The second-order valence-electron chi connectivity index (χ2n) is 4.72. The summed E-state index contributed by atoms with van der Waals surface area (Å²) in [7, 11) is 0. The standard InChI is InChI=1S/C8H18O.C6H13N/c1-3-5-7-9-8-6-4-2;7-6-4-2-1-3-5-6/h3-8H2,1-2H3;6H,1-5,7H2. The van der Waals surface area contributed by atoms with E-state index in [1.807, 2.05) is 0 Å². The highest BCUT2D eigenvalue weighted by molar-refractivity contribution is 4.66. The zero-order valence-corrected chi connectivity index (χ0v) is 11.3. The van der Waals surface area contributed by atoms with E-state index in [0.29, 0.717) is 6.04 Å². The molecule has 1 aliphatic carbocycles. The Labute approximate surface area is 102 Å². The number of rotatable bonds is 6. The predicted molar refractivity (Wildman–Crippen MR) is 71.7 cm³/mol. The summed E-state index contributed by atoms with van der Waals surface area (Å²) in [5, 5.41) is 0. The van der Waals surface area contributed by atoms with Crippen molar-refractivity contribution >= 4 is 0 Å². The van der Waals surface area contributed by atoms with Crippen molar-refractivity contribution in [1.29, 1.82) is 0 Å². The molecule has 0 radical (unpaired) electrons. The van der Waals surface area contributed by atoms with Gasteiger partial charge >= 0.3 is 0 Å². The first-order chi connectivity index (χ1) is 7.81. The van der Waals surface area contributed by atoms with E-state index in [2.05, 4.69) is 13.8 Å². The van der Waals surface area contributed by atoms with Crippen molar-refractivity contribution in [3.05, 3.63) is 0 Å². The van der Waals surface area contributed by atoms with Gasteiger partial charge in [0.1, 0.15) is 0 Å². The van der Waals surface area contributed by atoms with Crippen molar-refractivity contribution in [2.45, 2.75) is 77.7 Å². The van der Waals surface area contributed by atoms with Gasteiger partial charge in [0.15, 0.2) is 0 Å². The second-order valence-corrected chi connectivity index (χ2v) is 4.72. The molecule has 2 heteroatoms. The van der Waals surface area contributed by atoms with Crippen LogP contribution in [0.15, 0.2) is 0 Å². The topological polar surface area (TPSA) is 35.2 Å².